The third-order valence-electron chi connectivity index (χ3n) is 7.72. The van der Waals surface area contributed by atoms with Crippen molar-refractivity contribution < 1.29 is 21.1 Å². The second-order valence-corrected chi connectivity index (χ2v) is 10.8. The van der Waals surface area contributed by atoms with Gasteiger partial charge in [0.2, 0.25) is 0 Å². The minimum absolute atomic E-state index is 0. The molecule has 2 aliphatic carbocycles. The SMILES string of the molecule is C1=CN(C2CCCCC2)[CH-]N1CN1C=CN(C2CCCCC2)[CH-]1.CN1C=CN(CN2C=CN(C)[CH-]2)[CH-]1.[Pt+4]. The van der Waals surface area contributed by atoms with Crippen LogP contribution in [0, 0.1) is 26.7 Å². The van der Waals surface area contributed by atoms with Gasteiger partial charge < -0.3 is 39.2 Å². The average molecular weight is 688 g/mol. The summed E-state index contributed by atoms with van der Waals surface area (Å²) in [5, 5.41) is 0. The summed E-state index contributed by atoms with van der Waals surface area (Å²) in [4.78, 5) is 17.8. The zero-order valence-corrected chi connectivity index (χ0v) is 24.7. The summed E-state index contributed by atoms with van der Waals surface area (Å²) in [7, 11) is 4.04. The normalized spacial score (nSPS) is 24.1. The van der Waals surface area contributed by atoms with Crippen molar-refractivity contribution in [1.29, 1.82) is 0 Å². The van der Waals surface area contributed by atoms with Gasteiger partial charge in [-0.15, -0.1) is 0 Å². The molecule has 0 aromatic rings. The third kappa shape index (κ3) is 8.02. The molecule has 0 atom stereocenters. The Bertz CT molecular complexity index is 740. The Kier molecular flexibility index (Phi) is 10.4. The number of nitrogens with zero attached hydrogens (tertiary/aromatic N) is 8. The topological polar surface area (TPSA) is 25.9 Å². The molecule has 4 heterocycles. The molecule has 2 fully saturated rings. The molecule has 4 aliphatic heterocycles. The second kappa shape index (κ2) is 13.7. The summed E-state index contributed by atoms with van der Waals surface area (Å²) in [6, 6.07) is 1.45. The maximum absolute atomic E-state index is 2.43. The summed E-state index contributed by atoms with van der Waals surface area (Å²) in [5.41, 5.74) is 0. The predicted molar refractivity (Wildman–Crippen MR) is 144 cm³/mol. The van der Waals surface area contributed by atoms with Crippen molar-refractivity contribution in [2.75, 3.05) is 27.4 Å². The molecular weight excluding hydrogens is 643 g/mol. The van der Waals surface area contributed by atoms with E-state index < -0.39 is 0 Å². The molecule has 0 saturated heterocycles. The molecule has 0 unspecified atom stereocenters. The summed E-state index contributed by atoms with van der Waals surface area (Å²) in [6.45, 7) is 10.5. The molecule has 2 saturated carbocycles. The van der Waals surface area contributed by atoms with Crippen LogP contribution in [0.5, 0.6) is 0 Å². The van der Waals surface area contributed by atoms with Gasteiger partial charge in [0.05, 0.1) is 0 Å². The monoisotopic (exact) mass is 687 g/mol. The quantitative estimate of drug-likeness (QED) is 0.373. The summed E-state index contributed by atoms with van der Waals surface area (Å²) in [6.07, 6.45) is 30.9. The van der Waals surface area contributed by atoms with E-state index in [1.54, 1.807) is 0 Å². The van der Waals surface area contributed by atoms with Gasteiger partial charge in [0.25, 0.3) is 0 Å². The van der Waals surface area contributed by atoms with Crippen molar-refractivity contribution in [1.82, 2.24) is 39.2 Å². The van der Waals surface area contributed by atoms with E-state index in [4.69, 9.17) is 0 Å². The second-order valence-electron chi connectivity index (χ2n) is 10.8. The Morgan fingerprint density at radius 1 is 0.486 bits per heavy atom. The Morgan fingerprint density at radius 2 is 0.838 bits per heavy atom. The molecule has 0 aromatic heterocycles. The van der Waals surface area contributed by atoms with E-state index >= 15 is 0 Å². The fourth-order valence-electron chi connectivity index (χ4n) is 5.73. The van der Waals surface area contributed by atoms with Crippen LogP contribution < -0.4 is 0 Å². The van der Waals surface area contributed by atoms with Gasteiger partial charge in [-0.05, 0) is 89.4 Å². The van der Waals surface area contributed by atoms with Gasteiger partial charge in [-0.25, -0.2) is 0 Å². The van der Waals surface area contributed by atoms with Crippen molar-refractivity contribution in [2.45, 2.75) is 76.3 Å². The van der Waals surface area contributed by atoms with Crippen molar-refractivity contribution in [3.63, 3.8) is 0 Å². The maximum atomic E-state index is 2.43. The Labute approximate surface area is 239 Å². The molecular formula is C28H44N8Pt. The van der Waals surface area contributed by atoms with E-state index in [0.29, 0.717) is 0 Å². The first kappa shape index (κ1) is 28.1. The van der Waals surface area contributed by atoms with E-state index in [-0.39, 0.29) is 21.1 Å². The first-order chi connectivity index (χ1) is 17.6. The van der Waals surface area contributed by atoms with Crippen LogP contribution in [0.1, 0.15) is 64.2 Å². The smallest absolute Gasteiger partial charge is 0.511 e. The van der Waals surface area contributed by atoms with Gasteiger partial charge in [0, 0.05) is 25.4 Å². The third-order valence-corrected chi connectivity index (χ3v) is 7.72. The van der Waals surface area contributed by atoms with Gasteiger partial charge in [0.15, 0.2) is 0 Å². The maximum Gasteiger partial charge on any atom is 4.00 e. The van der Waals surface area contributed by atoms with Crippen LogP contribution in [0.2, 0.25) is 0 Å². The Balaban J connectivity index is 0.000000195. The summed E-state index contributed by atoms with van der Waals surface area (Å²) in [5.74, 6) is 0. The average Bonchev–Trinajstić information content (AvgIpc) is 3.71. The molecule has 6 rings (SSSR count). The zero-order chi connectivity index (χ0) is 24.7. The summed E-state index contributed by atoms with van der Waals surface area (Å²) < 4.78 is 0. The fraction of sp³-hybridized carbons (Fsp3) is 0.571. The van der Waals surface area contributed by atoms with Crippen molar-refractivity contribution >= 4 is 0 Å². The number of hydrogen-bond acceptors (Lipinski definition) is 8. The molecule has 0 N–H and O–H groups in total. The van der Waals surface area contributed by atoms with Crippen molar-refractivity contribution in [3.05, 3.63) is 76.3 Å². The van der Waals surface area contributed by atoms with Crippen LogP contribution in [0.15, 0.2) is 49.6 Å². The largest absolute Gasteiger partial charge is 4.00 e. The van der Waals surface area contributed by atoms with E-state index in [0.717, 1.165) is 25.4 Å². The molecule has 0 radical (unpaired) electrons. The Hall–Kier alpha value is -1.95. The van der Waals surface area contributed by atoms with Crippen LogP contribution >= 0.6 is 0 Å². The first-order valence-electron chi connectivity index (χ1n) is 13.8. The van der Waals surface area contributed by atoms with Gasteiger partial charge in [-0.2, -0.15) is 26.7 Å². The van der Waals surface area contributed by atoms with Crippen LogP contribution in [-0.2, 0) is 21.1 Å². The molecule has 0 aromatic carbocycles. The molecule has 6 aliphatic rings. The first-order valence-corrected chi connectivity index (χ1v) is 13.8. The van der Waals surface area contributed by atoms with Crippen molar-refractivity contribution in [2.24, 2.45) is 0 Å². The standard InChI is InChI=1S/C19H30N4.C9H14N4.Pt/c1-3-7-18(8-4-1)22-13-11-20(16-22)15-21-12-14-23(17-21)19-9-5-2-6-10-19;1-10-3-5-12(7-10)9-13-6-4-11(2)8-13;/h11-14,16-19H,1-10,15H2;3-8H,9H2,1-2H3;/q2*-2;+4. The van der Waals surface area contributed by atoms with Crippen LogP contribution in [0.4, 0.5) is 0 Å². The molecule has 0 bridgehead atoms. The van der Waals surface area contributed by atoms with Crippen molar-refractivity contribution in [3.8, 4) is 0 Å². The number of rotatable bonds is 6. The van der Waals surface area contributed by atoms with Gasteiger partial charge in [-0.3, -0.25) is 0 Å². The molecule has 37 heavy (non-hydrogen) atoms. The van der Waals surface area contributed by atoms with E-state index in [9.17, 15) is 0 Å². The Morgan fingerprint density at radius 3 is 1.19 bits per heavy atom. The molecule has 8 nitrogen and oxygen atoms in total. The minimum atomic E-state index is 0. The molecule has 9 heteroatoms. The van der Waals surface area contributed by atoms with Crippen LogP contribution in [0.25, 0.3) is 0 Å². The minimum Gasteiger partial charge on any atom is -0.511 e. The number of hydrogen-bond donors (Lipinski definition) is 0. The molecule has 0 amide bonds. The summed E-state index contributed by atoms with van der Waals surface area (Å²) >= 11 is 0. The molecule has 206 valence electrons. The van der Waals surface area contributed by atoms with Crippen LogP contribution in [0.3, 0.4) is 0 Å². The van der Waals surface area contributed by atoms with E-state index in [1.807, 2.05) is 36.3 Å². The van der Waals surface area contributed by atoms with Crippen LogP contribution in [-0.4, -0.2) is 78.7 Å². The van der Waals surface area contributed by atoms with Gasteiger partial charge >= 0.3 is 21.1 Å². The van der Waals surface area contributed by atoms with Gasteiger partial charge in [-0.1, -0.05) is 38.5 Å². The fourth-order valence-corrected chi connectivity index (χ4v) is 5.73. The van der Waals surface area contributed by atoms with Gasteiger partial charge in [0.1, 0.15) is 0 Å². The van der Waals surface area contributed by atoms with E-state index in [1.165, 1.54) is 64.2 Å². The molecule has 0 spiro atoms. The van der Waals surface area contributed by atoms with E-state index in [2.05, 4.69) is 93.3 Å². The predicted octanol–water partition coefficient (Wildman–Crippen LogP) is 4.64. The zero-order valence-electron chi connectivity index (χ0n) is 22.5.